The Morgan fingerprint density at radius 3 is 2.72 bits per heavy atom. The number of hydrogen-bond donors (Lipinski definition) is 2. The van der Waals surface area contributed by atoms with Crippen molar-refractivity contribution >= 4 is 23.0 Å². The minimum Gasteiger partial charge on any atom is -0.388 e. The van der Waals surface area contributed by atoms with Crippen LogP contribution in [0.5, 0.6) is 0 Å². The third kappa shape index (κ3) is 3.17. The Bertz CT molecular complexity index is 538. The van der Waals surface area contributed by atoms with Crippen LogP contribution in [-0.4, -0.2) is 7.05 Å². The van der Waals surface area contributed by atoms with Crippen molar-refractivity contribution in [2.75, 3.05) is 17.7 Å². The molecule has 0 bridgehead atoms. The third-order valence-electron chi connectivity index (χ3n) is 2.90. The zero-order valence-electron chi connectivity index (χ0n) is 10.6. The van der Waals surface area contributed by atoms with Crippen molar-refractivity contribution in [3.63, 3.8) is 0 Å². The number of nitrogens with one attached hydrogen (secondary N) is 2. The fourth-order valence-electron chi connectivity index (χ4n) is 1.82. The first-order valence-corrected chi connectivity index (χ1v) is 6.33. The van der Waals surface area contributed by atoms with Crippen LogP contribution in [0.15, 0.2) is 42.5 Å². The summed E-state index contributed by atoms with van der Waals surface area (Å²) in [4.78, 5) is 0. The number of aryl methyl sites for hydroxylation is 1. The number of hydrogen-bond acceptors (Lipinski definition) is 2. The van der Waals surface area contributed by atoms with Crippen LogP contribution in [0.4, 0.5) is 11.4 Å². The first-order chi connectivity index (χ1) is 8.69. The summed E-state index contributed by atoms with van der Waals surface area (Å²) in [6, 6.07) is 14.2. The van der Waals surface area contributed by atoms with Gasteiger partial charge in [0.25, 0.3) is 0 Å². The third-order valence-corrected chi connectivity index (χ3v) is 3.13. The molecule has 0 spiro atoms. The van der Waals surface area contributed by atoms with Crippen molar-refractivity contribution in [1.82, 2.24) is 0 Å². The fourth-order valence-corrected chi connectivity index (χ4v) is 1.99. The molecule has 18 heavy (non-hydrogen) atoms. The highest BCUT2D eigenvalue weighted by Gasteiger charge is 2.00. The monoisotopic (exact) mass is 260 g/mol. The largest absolute Gasteiger partial charge is 0.388 e. The molecule has 2 N–H and O–H groups in total. The lowest BCUT2D eigenvalue weighted by Gasteiger charge is -2.11. The van der Waals surface area contributed by atoms with Crippen molar-refractivity contribution < 1.29 is 0 Å². The van der Waals surface area contributed by atoms with Gasteiger partial charge in [0.1, 0.15) is 0 Å². The molecular weight excluding hydrogens is 244 g/mol. The average molecular weight is 261 g/mol. The molecule has 0 unspecified atom stereocenters. The Morgan fingerprint density at radius 1 is 1.11 bits per heavy atom. The molecule has 0 aromatic heterocycles. The first-order valence-electron chi connectivity index (χ1n) is 5.96. The summed E-state index contributed by atoms with van der Waals surface area (Å²) in [5.41, 5.74) is 4.64. The van der Waals surface area contributed by atoms with Gasteiger partial charge in [-0.05, 0) is 42.3 Å². The predicted octanol–water partition coefficient (Wildman–Crippen LogP) is 4.30. The molecule has 0 aliphatic rings. The van der Waals surface area contributed by atoms with E-state index in [-0.39, 0.29) is 0 Å². The highest BCUT2D eigenvalue weighted by Crippen LogP contribution is 2.21. The van der Waals surface area contributed by atoms with Crippen LogP contribution in [-0.2, 0) is 6.54 Å². The molecule has 2 aromatic rings. The van der Waals surface area contributed by atoms with E-state index in [9.17, 15) is 0 Å². The number of anilines is 2. The molecule has 0 amide bonds. The lowest BCUT2D eigenvalue weighted by Crippen LogP contribution is -2.01. The predicted molar refractivity (Wildman–Crippen MR) is 79.5 cm³/mol. The smallest absolute Gasteiger partial charge is 0.0426 e. The van der Waals surface area contributed by atoms with E-state index < -0.39 is 0 Å². The average Bonchev–Trinajstić information content (AvgIpc) is 2.40. The number of benzene rings is 2. The van der Waals surface area contributed by atoms with E-state index in [0.717, 1.165) is 22.9 Å². The van der Waals surface area contributed by atoms with Gasteiger partial charge in [-0.1, -0.05) is 29.8 Å². The highest BCUT2D eigenvalue weighted by molar-refractivity contribution is 6.30. The summed E-state index contributed by atoms with van der Waals surface area (Å²) in [6.45, 7) is 2.86. The standard InChI is InChI=1S/C15H17ClN2/c1-11-6-7-13(16)9-15(11)18-10-12-4-3-5-14(8-12)17-2/h3-9,17-18H,10H2,1-2H3. The Labute approximate surface area is 113 Å². The summed E-state index contributed by atoms with van der Waals surface area (Å²) >= 11 is 6.00. The Morgan fingerprint density at radius 2 is 1.94 bits per heavy atom. The Balaban J connectivity index is 2.08. The Kier molecular flexibility index (Phi) is 4.11. The molecule has 0 radical (unpaired) electrons. The van der Waals surface area contributed by atoms with Gasteiger partial charge in [-0.2, -0.15) is 0 Å². The van der Waals surface area contributed by atoms with Gasteiger partial charge in [0, 0.05) is 30.0 Å². The molecule has 2 nitrogen and oxygen atoms in total. The fraction of sp³-hybridized carbons (Fsp3) is 0.200. The summed E-state index contributed by atoms with van der Waals surface area (Å²) in [5, 5.41) is 7.30. The second kappa shape index (κ2) is 5.78. The van der Waals surface area contributed by atoms with Crippen LogP contribution in [0.3, 0.4) is 0 Å². The molecule has 94 valence electrons. The van der Waals surface area contributed by atoms with Gasteiger partial charge in [-0.3, -0.25) is 0 Å². The lowest BCUT2D eigenvalue weighted by atomic mass is 10.1. The molecule has 0 heterocycles. The topological polar surface area (TPSA) is 24.1 Å². The van der Waals surface area contributed by atoms with Gasteiger partial charge in [-0.15, -0.1) is 0 Å². The van der Waals surface area contributed by atoms with Gasteiger partial charge in [0.2, 0.25) is 0 Å². The van der Waals surface area contributed by atoms with Crippen LogP contribution in [0, 0.1) is 6.92 Å². The van der Waals surface area contributed by atoms with Gasteiger partial charge in [0.05, 0.1) is 0 Å². The van der Waals surface area contributed by atoms with Crippen LogP contribution in [0.2, 0.25) is 5.02 Å². The molecule has 3 heteroatoms. The lowest BCUT2D eigenvalue weighted by molar-refractivity contribution is 1.14. The summed E-state index contributed by atoms with van der Waals surface area (Å²) in [5.74, 6) is 0. The van der Waals surface area contributed by atoms with Gasteiger partial charge >= 0.3 is 0 Å². The molecule has 0 aliphatic heterocycles. The van der Waals surface area contributed by atoms with Crippen molar-refractivity contribution in [2.45, 2.75) is 13.5 Å². The van der Waals surface area contributed by atoms with E-state index in [1.165, 1.54) is 11.1 Å². The zero-order chi connectivity index (χ0) is 13.0. The molecule has 0 fully saturated rings. The molecule has 0 saturated carbocycles. The van der Waals surface area contributed by atoms with E-state index in [0.29, 0.717) is 0 Å². The van der Waals surface area contributed by atoms with Gasteiger partial charge in [0.15, 0.2) is 0 Å². The highest BCUT2D eigenvalue weighted by atomic mass is 35.5. The van der Waals surface area contributed by atoms with E-state index in [1.807, 2.05) is 37.4 Å². The van der Waals surface area contributed by atoms with Crippen molar-refractivity contribution in [1.29, 1.82) is 0 Å². The van der Waals surface area contributed by atoms with Gasteiger partial charge < -0.3 is 10.6 Å². The van der Waals surface area contributed by atoms with Crippen LogP contribution >= 0.6 is 11.6 Å². The second-order valence-corrected chi connectivity index (χ2v) is 4.70. The first kappa shape index (κ1) is 12.8. The van der Waals surface area contributed by atoms with E-state index in [4.69, 9.17) is 11.6 Å². The van der Waals surface area contributed by atoms with E-state index >= 15 is 0 Å². The summed E-state index contributed by atoms with van der Waals surface area (Å²) in [6.07, 6.45) is 0. The second-order valence-electron chi connectivity index (χ2n) is 4.26. The van der Waals surface area contributed by atoms with Crippen LogP contribution < -0.4 is 10.6 Å². The molecule has 0 aliphatic carbocycles. The Hall–Kier alpha value is -1.67. The SMILES string of the molecule is CNc1cccc(CNc2cc(Cl)ccc2C)c1. The summed E-state index contributed by atoms with van der Waals surface area (Å²) < 4.78 is 0. The minimum atomic E-state index is 0.757. The maximum Gasteiger partial charge on any atom is 0.0426 e. The normalized spacial score (nSPS) is 10.2. The minimum absolute atomic E-state index is 0.757. The molecule has 2 aromatic carbocycles. The number of rotatable bonds is 4. The molecule has 2 rings (SSSR count). The van der Waals surface area contributed by atoms with Crippen LogP contribution in [0.1, 0.15) is 11.1 Å². The maximum atomic E-state index is 6.00. The van der Waals surface area contributed by atoms with Crippen molar-refractivity contribution in [3.8, 4) is 0 Å². The molecule has 0 saturated heterocycles. The van der Waals surface area contributed by atoms with E-state index in [1.54, 1.807) is 0 Å². The number of halogens is 1. The molecule has 0 atom stereocenters. The zero-order valence-corrected chi connectivity index (χ0v) is 11.4. The van der Waals surface area contributed by atoms with Crippen molar-refractivity contribution in [2.24, 2.45) is 0 Å². The summed E-state index contributed by atoms with van der Waals surface area (Å²) in [7, 11) is 1.92. The van der Waals surface area contributed by atoms with Crippen molar-refractivity contribution in [3.05, 3.63) is 58.6 Å². The van der Waals surface area contributed by atoms with E-state index in [2.05, 4.69) is 29.7 Å². The quantitative estimate of drug-likeness (QED) is 0.856. The molecular formula is C15H17ClN2. The van der Waals surface area contributed by atoms with Crippen LogP contribution in [0.25, 0.3) is 0 Å². The van der Waals surface area contributed by atoms with Gasteiger partial charge in [-0.25, -0.2) is 0 Å². The maximum absolute atomic E-state index is 6.00.